The number of carbonyl (C=O) groups excluding carboxylic acids is 1. The van der Waals surface area contributed by atoms with Gasteiger partial charge in [-0.05, 0) is 24.3 Å². The Bertz CT molecular complexity index is 934. The van der Waals surface area contributed by atoms with Crippen LogP contribution in [-0.4, -0.2) is 46.9 Å². The van der Waals surface area contributed by atoms with E-state index in [1.54, 1.807) is 11.2 Å². The summed E-state index contributed by atoms with van der Waals surface area (Å²) in [5, 5.41) is 2.85. The standard InChI is InChI=1S/C19H17F2N3O2S/c20-13-3-4-15(16(21)10-13)19(25)24-7-5-23(6-8-24)11-14-12-27-18(22-14)17-2-1-9-26-17/h1-4,9-10,12H,5-8,11H2. The van der Waals surface area contributed by atoms with Gasteiger partial charge < -0.3 is 9.32 Å². The maximum Gasteiger partial charge on any atom is 0.256 e. The highest BCUT2D eigenvalue weighted by Gasteiger charge is 2.24. The molecule has 0 unspecified atom stereocenters. The minimum atomic E-state index is -0.824. The number of hydrogen-bond donors (Lipinski definition) is 0. The summed E-state index contributed by atoms with van der Waals surface area (Å²) in [4.78, 5) is 20.8. The van der Waals surface area contributed by atoms with Crippen molar-refractivity contribution < 1.29 is 18.0 Å². The maximum atomic E-state index is 13.8. The van der Waals surface area contributed by atoms with E-state index in [2.05, 4.69) is 9.88 Å². The van der Waals surface area contributed by atoms with Crippen LogP contribution in [0.3, 0.4) is 0 Å². The van der Waals surface area contributed by atoms with E-state index in [-0.39, 0.29) is 5.56 Å². The van der Waals surface area contributed by atoms with Crippen LogP contribution in [0.1, 0.15) is 16.1 Å². The SMILES string of the molecule is O=C(c1ccc(F)cc1F)N1CCN(Cc2csc(-c3ccco3)n2)CC1. The van der Waals surface area contributed by atoms with Gasteiger partial charge in [0, 0.05) is 44.2 Å². The van der Waals surface area contributed by atoms with Crippen LogP contribution in [0.25, 0.3) is 10.8 Å². The van der Waals surface area contributed by atoms with E-state index in [0.29, 0.717) is 32.7 Å². The lowest BCUT2D eigenvalue weighted by molar-refractivity contribution is 0.0622. The van der Waals surface area contributed by atoms with E-state index in [1.165, 1.54) is 17.4 Å². The number of hydrogen-bond acceptors (Lipinski definition) is 5. The van der Waals surface area contributed by atoms with E-state index in [4.69, 9.17) is 4.42 Å². The molecule has 1 aromatic carbocycles. The van der Waals surface area contributed by atoms with Gasteiger partial charge in [0.1, 0.15) is 11.6 Å². The zero-order valence-electron chi connectivity index (χ0n) is 14.4. The van der Waals surface area contributed by atoms with Crippen molar-refractivity contribution in [1.82, 2.24) is 14.8 Å². The molecular weight excluding hydrogens is 372 g/mol. The maximum absolute atomic E-state index is 13.8. The predicted molar refractivity (Wildman–Crippen MR) is 97.4 cm³/mol. The number of nitrogens with zero attached hydrogens (tertiary/aromatic N) is 3. The summed E-state index contributed by atoms with van der Waals surface area (Å²) >= 11 is 1.53. The molecule has 2 aromatic heterocycles. The van der Waals surface area contributed by atoms with Crippen molar-refractivity contribution in [1.29, 1.82) is 0 Å². The zero-order valence-corrected chi connectivity index (χ0v) is 15.2. The summed E-state index contributed by atoms with van der Waals surface area (Å²) in [6.45, 7) is 3.00. The Balaban J connectivity index is 1.34. The van der Waals surface area contributed by atoms with Crippen molar-refractivity contribution in [2.24, 2.45) is 0 Å². The number of rotatable bonds is 4. The molecule has 1 aliphatic heterocycles. The first-order chi connectivity index (χ1) is 13.1. The van der Waals surface area contributed by atoms with Gasteiger partial charge in [0.15, 0.2) is 10.8 Å². The van der Waals surface area contributed by atoms with Crippen LogP contribution < -0.4 is 0 Å². The molecule has 1 saturated heterocycles. The van der Waals surface area contributed by atoms with Gasteiger partial charge in [0.25, 0.3) is 5.91 Å². The van der Waals surface area contributed by atoms with Crippen LogP contribution in [0.4, 0.5) is 8.78 Å². The van der Waals surface area contributed by atoms with Crippen LogP contribution >= 0.6 is 11.3 Å². The van der Waals surface area contributed by atoms with Gasteiger partial charge in [0.2, 0.25) is 0 Å². The van der Waals surface area contributed by atoms with E-state index in [9.17, 15) is 13.6 Å². The first-order valence-corrected chi connectivity index (χ1v) is 9.43. The summed E-state index contributed by atoms with van der Waals surface area (Å²) in [6, 6.07) is 6.75. The monoisotopic (exact) mass is 389 g/mol. The largest absolute Gasteiger partial charge is 0.462 e. The Labute approximate surface area is 158 Å². The minimum absolute atomic E-state index is 0.0903. The normalized spacial score (nSPS) is 15.3. The van der Waals surface area contributed by atoms with E-state index in [1.807, 2.05) is 17.5 Å². The average Bonchev–Trinajstić information content (AvgIpc) is 3.33. The highest BCUT2D eigenvalue weighted by molar-refractivity contribution is 7.13. The highest BCUT2D eigenvalue weighted by atomic mass is 32.1. The van der Waals surface area contributed by atoms with Gasteiger partial charge in [-0.15, -0.1) is 11.3 Å². The second-order valence-electron chi connectivity index (χ2n) is 6.31. The van der Waals surface area contributed by atoms with E-state index >= 15 is 0 Å². The lowest BCUT2D eigenvalue weighted by atomic mass is 10.1. The second-order valence-corrected chi connectivity index (χ2v) is 7.17. The van der Waals surface area contributed by atoms with Gasteiger partial charge in [0.05, 0.1) is 17.5 Å². The Morgan fingerprint density at radius 3 is 2.70 bits per heavy atom. The molecule has 1 amide bonds. The molecule has 5 nitrogen and oxygen atoms in total. The van der Waals surface area contributed by atoms with Crippen LogP contribution in [0.15, 0.2) is 46.4 Å². The lowest BCUT2D eigenvalue weighted by Gasteiger charge is -2.34. The fraction of sp³-hybridized carbons (Fsp3) is 0.263. The summed E-state index contributed by atoms with van der Waals surface area (Å²) in [5.74, 6) is -1.16. The van der Waals surface area contributed by atoms with Gasteiger partial charge in [-0.25, -0.2) is 13.8 Å². The smallest absolute Gasteiger partial charge is 0.256 e. The number of thiazole rings is 1. The van der Waals surface area contributed by atoms with Crippen molar-refractivity contribution in [3.63, 3.8) is 0 Å². The van der Waals surface area contributed by atoms with E-state index in [0.717, 1.165) is 28.6 Å². The highest BCUT2D eigenvalue weighted by Crippen LogP contribution is 2.24. The second kappa shape index (κ2) is 7.58. The van der Waals surface area contributed by atoms with Crippen LogP contribution in [-0.2, 0) is 6.54 Å². The van der Waals surface area contributed by atoms with Crippen molar-refractivity contribution in [2.75, 3.05) is 26.2 Å². The molecule has 3 aromatic rings. The quantitative estimate of drug-likeness (QED) is 0.684. The molecule has 3 heterocycles. The zero-order chi connectivity index (χ0) is 18.8. The molecule has 0 saturated carbocycles. The number of benzene rings is 1. The third kappa shape index (κ3) is 3.91. The summed E-state index contributed by atoms with van der Waals surface area (Å²) in [7, 11) is 0. The van der Waals surface area contributed by atoms with Crippen molar-refractivity contribution >= 4 is 17.2 Å². The van der Waals surface area contributed by atoms with Gasteiger partial charge in [-0.3, -0.25) is 9.69 Å². The Hall–Kier alpha value is -2.58. The molecular formula is C19H17F2N3O2S. The molecule has 0 atom stereocenters. The number of halogens is 2. The molecule has 140 valence electrons. The molecule has 4 rings (SSSR count). The number of aromatic nitrogens is 1. The number of carbonyl (C=O) groups is 1. The third-order valence-corrected chi connectivity index (χ3v) is 5.40. The van der Waals surface area contributed by atoms with Gasteiger partial charge in [-0.1, -0.05) is 0 Å². The molecule has 1 aliphatic rings. The predicted octanol–water partition coefficient (Wildman–Crippen LogP) is 3.64. The van der Waals surface area contributed by atoms with Crippen LogP contribution in [0, 0.1) is 11.6 Å². The van der Waals surface area contributed by atoms with Crippen LogP contribution in [0.2, 0.25) is 0 Å². The molecule has 0 bridgehead atoms. The van der Waals surface area contributed by atoms with Gasteiger partial charge >= 0.3 is 0 Å². The van der Waals surface area contributed by atoms with Crippen molar-refractivity contribution in [3.05, 3.63) is 64.9 Å². The van der Waals surface area contributed by atoms with Crippen LogP contribution in [0.5, 0.6) is 0 Å². The number of piperazine rings is 1. The Morgan fingerprint density at radius 1 is 1.19 bits per heavy atom. The average molecular weight is 389 g/mol. The molecule has 8 heteroatoms. The Kier molecular flexibility index (Phi) is 5.00. The molecule has 0 radical (unpaired) electrons. The first kappa shape index (κ1) is 17.8. The first-order valence-electron chi connectivity index (χ1n) is 8.55. The summed E-state index contributed by atoms with van der Waals surface area (Å²) in [5.41, 5.74) is 0.864. The molecule has 27 heavy (non-hydrogen) atoms. The summed E-state index contributed by atoms with van der Waals surface area (Å²) in [6.07, 6.45) is 1.62. The van der Waals surface area contributed by atoms with Crippen molar-refractivity contribution in [2.45, 2.75) is 6.54 Å². The minimum Gasteiger partial charge on any atom is -0.462 e. The molecule has 0 N–H and O–H groups in total. The molecule has 1 fully saturated rings. The summed E-state index contributed by atoms with van der Waals surface area (Å²) < 4.78 is 32.2. The lowest BCUT2D eigenvalue weighted by Crippen LogP contribution is -2.48. The topological polar surface area (TPSA) is 49.6 Å². The Morgan fingerprint density at radius 2 is 2.00 bits per heavy atom. The third-order valence-electron chi connectivity index (χ3n) is 4.49. The van der Waals surface area contributed by atoms with Gasteiger partial charge in [-0.2, -0.15) is 0 Å². The number of amides is 1. The molecule has 0 spiro atoms. The fourth-order valence-electron chi connectivity index (χ4n) is 3.06. The fourth-order valence-corrected chi connectivity index (χ4v) is 3.84. The number of furan rings is 1. The van der Waals surface area contributed by atoms with Crippen molar-refractivity contribution in [3.8, 4) is 10.8 Å². The molecule has 0 aliphatic carbocycles. The van der Waals surface area contributed by atoms with E-state index < -0.39 is 17.5 Å².